The smallest absolute Gasteiger partial charge is 0.266 e. The van der Waals surface area contributed by atoms with E-state index in [1.165, 1.54) is 0 Å². The Bertz CT molecular complexity index is 1370. The lowest BCUT2D eigenvalue weighted by molar-refractivity contribution is -0.478. The summed E-state index contributed by atoms with van der Waals surface area (Å²) >= 11 is 0. The van der Waals surface area contributed by atoms with E-state index in [9.17, 15) is 18.5 Å². The number of nitriles is 1. The molecule has 1 aromatic carbocycles. The van der Waals surface area contributed by atoms with E-state index in [4.69, 9.17) is 0 Å². The summed E-state index contributed by atoms with van der Waals surface area (Å²) in [6.45, 7) is 1.19. The van der Waals surface area contributed by atoms with Gasteiger partial charge in [-0.15, -0.1) is 5.43 Å². The fourth-order valence-electron chi connectivity index (χ4n) is 5.08. The van der Waals surface area contributed by atoms with Gasteiger partial charge in [-0.1, -0.05) is 29.7 Å². The molecule has 2 unspecified atom stereocenters. The number of hydrazine groups is 1. The third-order valence-electron chi connectivity index (χ3n) is 6.97. The van der Waals surface area contributed by atoms with Gasteiger partial charge in [-0.3, -0.25) is 4.79 Å². The molecular weight excluding hydrogens is 464 g/mol. The first-order chi connectivity index (χ1) is 16.9. The quantitative estimate of drug-likeness (QED) is 0.621. The maximum absolute atomic E-state index is 12.7. The minimum absolute atomic E-state index is 0.0329. The van der Waals surface area contributed by atoms with Crippen molar-refractivity contribution in [1.29, 1.82) is 5.26 Å². The Morgan fingerprint density at radius 2 is 1.86 bits per heavy atom. The van der Waals surface area contributed by atoms with Gasteiger partial charge < -0.3 is 4.98 Å². The van der Waals surface area contributed by atoms with Crippen molar-refractivity contribution in [2.45, 2.75) is 44.3 Å². The molecule has 2 fully saturated rings. The van der Waals surface area contributed by atoms with E-state index < -0.39 is 10.0 Å². The van der Waals surface area contributed by atoms with E-state index in [1.54, 1.807) is 39.5 Å². The summed E-state index contributed by atoms with van der Waals surface area (Å²) in [5.74, 6) is 0.445. The van der Waals surface area contributed by atoms with Gasteiger partial charge in [-0.25, -0.2) is 17.7 Å². The molecule has 2 aromatic rings. The number of aliphatic imine (C=N–C) groups is 1. The van der Waals surface area contributed by atoms with Crippen LogP contribution in [0.25, 0.3) is 0 Å². The third kappa shape index (κ3) is 4.92. The first-order valence-electron chi connectivity index (χ1n) is 12.1. The number of hydrazone groups is 1. The number of nitrogens with one attached hydrogen (secondary N) is 2. The summed E-state index contributed by atoms with van der Waals surface area (Å²) in [5.41, 5.74) is 5.42. The maximum Gasteiger partial charge on any atom is 0.266 e. The number of benzene rings is 1. The Hall–Kier alpha value is -3.29. The molecular formula is C25H29N6O3S+. The van der Waals surface area contributed by atoms with Crippen molar-refractivity contribution in [1.82, 2.24) is 14.7 Å². The predicted molar refractivity (Wildman–Crippen MR) is 133 cm³/mol. The van der Waals surface area contributed by atoms with E-state index in [1.807, 2.05) is 12.3 Å². The largest absolute Gasteiger partial charge is 0.328 e. The number of fused-ring (bicyclic) bond motifs is 1. The highest BCUT2D eigenvalue weighted by molar-refractivity contribution is 7.88. The van der Waals surface area contributed by atoms with E-state index >= 15 is 0 Å². The second-order valence-corrected chi connectivity index (χ2v) is 11.3. The van der Waals surface area contributed by atoms with Crippen LogP contribution in [-0.4, -0.2) is 47.5 Å². The lowest BCUT2D eigenvalue weighted by atomic mass is 9.81. The van der Waals surface area contributed by atoms with E-state index in [0.29, 0.717) is 41.4 Å². The highest BCUT2D eigenvalue weighted by Crippen LogP contribution is 2.30. The number of rotatable bonds is 5. The third-order valence-corrected chi connectivity index (χ3v) is 8.82. The average Bonchev–Trinajstić information content (AvgIpc) is 3.51. The van der Waals surface area contributed by atoms with Crippen LogP contribution in [0.4, 0.5) is 11.4 Å². The molecule has 182 valence electrons. The second kappa shape index (κ2) is 9.76. The van der Waals surface area contributed by atoms with E-state index in [2.05, 4.69) is 21.5 Å². The number of pyridine rings is 1. The Balaban J connectivity index is 1.40. The summed E-state index contributed by atoms with van der Waals surface area (Å²) in [4.78, 5) is 20.0. The molecule has 0 bridgehead atoms. The fraction of sp³-hybridized carbons (Fsp3) is 0.440. The lowest BCUT2D eigenvalue weighted by Crippen LogP contribution is -2.30. The molecule has 1 saturated carbocycles. The molecule has 3 heterocycles. The van der Waals surface area contributed by atoms with Crippen LogP contribution in [-0.2, 0) is 15.8 Å². The molecule has 9 nitrogen and oxygen atoms in total. The SMILES string of the molecule is N#CC1CCCCC1C=[N+]1NC(=Nc2ccc(CS(=O)(=O)N3CCCC3)cc2)c2c1cc[nH]c2=O. The van der Waals surface area contributed by atoms with E-state index in [0.717, 1.165) is 38.5 Å². The fourth-order valence-corrected chi connectivity index (χ4v) is 6.69. The van der Waals surface area contributed by atoms with Gasteiger partial charge in [0.2, 0.25) is 15.9 Å². The van der Waals surface area contributed by atoms with Gasteiger partial charge in [0, 0.05) is 25.4 Å². The minimum atomic E-state index is -3.32. The number of hydrogen-bond acceptors (Lipinski definition) is 5. The van der Waals surface area contributed by atoms with Crippen LogP contribution in [0.2, 0.25) is 0 Å². The summed E-state index contributed by atoms with van der Waals surface area (Å²) < 4.78 is 28.6. The predicted octanol–water partition coefficient (Wildman–Crippen LogP) is 2.94. The minimum Gasteiger partial charge on any atom is -0.328 e. The van der Waals surface area contributed by atoms with Gasteiger partial charge >= 0.3 is 0 Å². The molecule has 0 amide bonds. The van der Waals surface area contributed by atoms with Crippen LogP contribution >= 0.6 is 0 Å². The molecule has 1 saturated heterocycles. The summed E-state index contributed by atoms with van der Waals surface area (Å²) in [7, 11) is -3.32. The molecule has 0 spiro atoms. The van der Waals surface area contributed by atoms with Crippen molar-refractivity contribution in [3.8, 4) is 6.07 Å². The van der Waals surface area contributed by atoms with Crippen molar-refractivity contribution in [3.63, 3.8) is 0 Å². The van der Waals surface area contributed by atoms with Crippen LogP contribution in [0.15, 0.2) is 46.3 Å². The van der Waals surface area contributed by atoms with Crippen molar-refractivity contribution in [2.24, 2.45) is 16.8 Å². The van der Waals surface area contributed by atoms with Gasteiger partial charge in [0.25, 0.3) is 11.2 Å². The Labute approximate surface area is 204 Å². The van der Waals surface area contributed by atoms with Crippen molar-refractivity contribution < 1.29 is 13.1 Å². The zero-order valence-electron chi connectivity index (χ0n) is 19.5. The molecule has 2 N–H and O–H groups in total. The zero-order valence-corrected chi connectivity index (χ0v) is 20.3. The normalized spacial score (nSPS) is 24.9. The standard InChI is InChI=1S/C25H28N6O3S/c26-15-19-5-1-2-6-20(19)16-31-22-11-12-27-25(32)23(22)24(29-31)28-21-9-7-18(8-10-21)17-35(33,34)30-13-3-4-14-30/h7-12,16,19-20H,1-6,13-14,17H2,(H-,27,28,29,32)/p+1. The summed E-state index contributed by atoms with van der Waals surface area (Å²) in [6.07, 6.45) is 9.39. The molecule has 10 heteroatoms. The highest BCUT2D eigenvalue weighted by atomic mass is 32.2. The summed E-state index contributed by atoms with van der Waals surface area (Å²) in [6, 6.07) is 11.3. The molecule has 1 aliphatic carbocycles. The Morgan fingerprint density at radius 3 is 2.60 bits per heavy atom. The number of nitrogens with zero attached hydrogens (tertiary/aromatic N) is 4. The molecule has 5 rings (SSSR count). The van der Waals surface area contributed by atoms with Crippen LogP contribution in [0.3, 0.4) is 0 Å². The number of aromatic nitrogens is 1. The molecule has 3 aliphatic rings. The molecule has 2 aliphatic heterocycles. The van der Waals surface area contributed by atoms with Gasteiger partial charge in [0.1, 0.15) is 0 Å². The van der Waals surface area contributed by atoms with Crippen molar-refractivity contribution in [2.75, 3.05) is 13.1 Å². The van der Waals surface area contributed by atoms with Crippen molar-refractivity contribution >= 4 is 33.4 Å². The molecule has 1 aromatic heterocycles. The number of H-pyrrole nitrogens is 1. The summed E-state index contributed by atoms with van der Waals surface area (Å²) in [5, 5.41) is 9.55. The van der Waals surface area contributed by atoms with E-state index in [-0.39, 0.29) is 23.1 Å². The zero-order chi connectivity index (χ0) is 24.4. The maximum atomic E-state index is 12.7. The van der Waals surface area contributed by atoms with Crippen LogP contribution < -0.4 is 11.0 Å². The van der Waals surface area contributed by atoms with Gasteiger partial charge in [-0.05, 0) is 43.4 Å². The molecule has 0 radical (unpaired) electrons. The lowest BCUT2D eigenvalue weighted by Gasteiger charge is -2.21. The monoisotopic (exact) mass is 493 g/mol. The second-order valence-electron chi connectivity index (χ2n) is 9.37. The van der Waals surface area contributed by atoms with Gasteiger partial charge in [0.05, 0.1) is 29.3 Å². The number of aromatic amines is 1. The Morgan fingerprint density at radius 1 is 1.11 bits per heavy atom. The van der Waals surface area contributed by atoms with Gasteiger partial charge in [0.15, 0.2) is 11.8 Å². The first kappa shape index (κ1) is 23.5. The van der Waals surface area contributed by atoms with Crippen LogP contribution in [0, 0.1) is 23.2 Å². The Kier molecular flexibility index (Phi) is 6.54. The van der Waals surface area contributed by atoms with Crippen LogP contribution in [0.1, 0.15) is 49.7 Å². The van der Waals surface area contributed by atoms with Crippen molar-refractivity contribution in [3.05, 3.63) is 58.0 Å². The number of hydrogen-bond donors (Lipinski definition) is 2. The number of sulfonamides is 1. The molecule has 35 heavy (non-hydrogen) atoms. The highest BCUT2D eigenvalue weighted by Gasteiger charge is 2.36. The number of amidine groups is 1. The van der Waals surface area contributed by atoms with Gasteiger partial charge in [-0.2, -0.15) is 5.26 Å². The van der Waals surface area contributed by atoms with Crippen LogP contribution in [0.5, 0.6) is 0 Å². The average molecular weight is 494 g/mol. The first-order valence-corrected chi connectivity index (χ1v) is 13.7. The molecule has 2 atom stereocenters. The topological polar surface area (TPSA) is 121 Å².